The molecule has 11 heavy (non-hydrogen) atoms. The molecule has 0 heterocycles. The lowest BCUT2D eigenvalue weighted by Crippen LogP contribution is -2.54. The van der Waals surface area contributed by atoms with Crippen molar-refractivity contribution in [3.63, 3.8) is 0 Å². The second-order valence-electron chi connectivity index (χ2n) is 5.43. The van der Waals surface area contributed by atoms with Gasteiger partial charge in [-0.15, -0.1) is 0 Å². The fraction of sp³-hybridized carbons (Fsp3) is 1.00. The first-order valence-electron chi connectivity index (χ1n) is 5.03. The molecule has 3 fully saturated rings. The van der Waals surface area contributed by atoms with Gasteiger partial charge in [0.25, 0.3) is 0 Å². The molecule has 0 saturated heterocycles. The highest BCUT2D eigenvalue weighted by Crippen LogP contribution is 2.62. The highest BCUT2D eigenvalue weighted by atomic mass is 14.6. The number of fused-ring (bicyclic) bond motifs is 2. The monoisotopic (exact) mass is 152 g/mol. The normalized spacial score (nSPS) is 53.5. The van der Waals surface area contributed by atoms with Gasteiger partial charge in [-0.05, 0) is 41.9 Å². The van der Waals surface area contributed by atoms with Crippen LogP contribution in [0, 0.1) is 29.1 Å². The first kappa shape index (κ1) is 7.64. The maximum atomic E-state index is 2.47. The van der Waals surface area contributed by atoms with Crippen molar-refractivity contribution in [3.8, 4) is 0 Å². The molecule has 0 amide bonds. The maximum Gasteiger partial charge on any atom is -0.0295 e. The number of rotatable bonds is 0. The van der Waals surface area contributed by atoms with Gasteiger partial charge in [-0.25, -0.2) is 0 Å². The third kappa shape index (κ3) is 0.816. The zero-order valence-electron chi connectivity index (χ0n) is 8.22. The molecular formula is C11H20. The van der Waals surface area contributed by atoms with Crippen molar-refractivity contribution >= 4 is 0 Å². The summed E-state index contributed by atoms with van der Waals surface area (Å²) in [6, 6.07) is 0. The molecule has 3 aliphatic rings. The molecule has 0 aromatic heterocycles. The fourth-order valence-electron chi connectivity index (χ4n) is 3.41. The Balaban J connectivity index is 2.17. The van der Waals surface area contributed by atoms with Crippen LogP contribution in [0.5, 0.6) is 0 Å². The standard InChI is InChI=1S/C11H20/c1-7-5-9-6-10(8(7)2)11(9,3)4/h7-10H,5-6H2,1-4H3/t7-,8?,9?,10?/m0/s1. The van der Waals surface area contributed by atoms with Crippen LogP contribution < -0.4 is 0 Å². The van der Waals surface area contributed by atoms with Crippen LogP contribution in [0.1, 0.15) is 40.5 Å². The van der Waals surface area contributed by atoms with E-state index >= 15 is 0 Å². The van der Waals surface area contributed by atoms with E-state index < -0.39 is 0 Å². The Morgan fingerprint density at radius 2 is 1.73 bits per heavy atom. The first-order valence-corrected chi connectivity index (χ1v) is 5.03. The van der Waals surface area contributed by atoms with E-state index in [1.807, 2.05) is 0 Å². The summed E-state index contributed by atoms with van der Waals surface area (Å²) in [5.41, 5.74) is 0.686. The van der Waals surface area contributed by atoms with Gasteiger partial charge in [-0.2, -0.15) is 0 Å². The minimum absolute atomic E-state index is 0.686. The van der Waals surface area contributed by atoms with E-state index in [2.05, 4.69) is 27.7 Å². The van der Waals surface area contributed by atoms with Gasteiger partial charge in [0, 0.05) is 0 Å². The van der Waals surface area contributed by atoms with E-state index in [0.29, 0.717) is 5.41 Å². The smallest absolute Gasteiger partial charge is 0.0295 e. The van der Waals surface area contributed by atoms with Crippen molar-refractivity contribution < 1.29 is 0 Å². The minimum atomic E-state index is 0.686. The van der Waals surface area contributed by atoms with Gasteiger partial charge in [-0.1, -0.05) is 27.7 Å². The van der Waals surface area contributed by atoms with Crippen molar-refractivity contribution in [1.82, 2.24) is 0 Å². The summed E-state index contributed by atoms with van der Waals surface area (Å²) < 4.78 is 0. The Kier molecular flexibility index (Phi) is 1.41. The lowest BCUT2D eigenvalue weighted by molar-refractivity contribution is -0.124. The van der Waals surface area contributed by atoms with E-state index in [1.54, 1.807) is 0 Å². The van der Waals surface area contributed by atoms with Gasteiger partial charge >= 0.3 is 0 Å². The van der Waals surface area contributed by atoms with Crippen LogP contribution in [0.2, 0.25) is 0 Å². The van der Waals surface area contributed by atoms with Gasteiger partial charge < -0.3 is 0 Å². The Bertz CT molecular complexity index is 169. The molecule has 2 bridgehead atoms. The van der Waals surface area contributed by atoms with Crippen molar-refractivity contribution in [1.29, 1.82) is 0 Å². The second-order valence-corrected chi connectivity index (χ2v) is 5.43. The topological polar surface area (TPSA) is 0 Å². The molecule has 3 saturated carbocycles. The molecule has 0 nitrogen and oxygen atoms in total. The minimum Gasteiger partial charge on any atom is -0.0622 e. The van der Waals surface area contributed by atoms with Crippen LogP contribution in [-0.4, -0.2) is 0 Å². The average Bonchev–Trinajstić information content (AvgIpc) is 1.93. The van der Waals surface area contributed by atoms with Crippen molar-refractivity contribution in [3.05, 3.63) is 0 Å². The summed E-state index contributed by atoms with van der Waals surface area (Å²) in [6.07, 6.45) is 3.02. The Hall–Kier alpha value is 0. The van der Waals surface area contributed by atoms with E-state index in [9.17, 15) is 0 Å². The Labute approximate surface area is 70.4 Å². The van der Waals surface area contributed by atoms with Crippen LogP contribution >= 0.6 is 0 Å². The summed E-state index contributed by atoms with van der Waals surface area (Å²) in [7, 11) is 0. The first-order chi connectivity index (χ1) is 5.03. The maximum absolute atomic E-state index is 2.47. The molecule has 0 N–H and O–H groups in total. The van der Waals surface area contributed by atoms with E-state index in [1.165, 1.54) is 12.8 Å². The molecule has 0 spiro atoms. The van der Waals surface area contributed by atoms with E-state index in [4.69, 9.17) is 0 Å². The number of hydrogen-bond acceptors (Lipinski definition) is 0. The molecule has 3 unspecified atom stereocenters. The SMILES string of the molecule is CC1C2CC(C[C@@H]1C)C2(C)C. The van der Waals surface area contributed by atoms with Gasteiger partial charge in [0.15, 0.2) is 0 Å². The lowest BCUT2D eigenvalue weighted by Gasteiger charge is -2.61. The van der Waals surface area contributed by atoms with Crippen molar-refractivity contribution in [2.24, 2.45) is 29.1 Å². The molecular weight excluding hydrogens is 132 g/mol. The molecule has 3 rings (SSSR count). The fourth-order valence-corrected chi connectivity index (χ4v) is 3.41. The van der Waals surface area contributed by atoms with Crippen LogP contribution in [0.3, 0.4) is 0 Å². The molecule has 4 atom stereocenters. The third-order valence-electron chi connectivity index (χ3n) is 4.73. The van der Waals surface area contributed by atoms with Crippen LogP contribution in [-0.2, 0) is 0 Å². The quantitative estimate of drug-likeness (QED) is 0.499. The van der Waals surface area contributed by atoms with Gasteiger partial charge in [0.05, 0.1) is 0 Å². The average molecular weight is 152 g/mol. The van der Waals surface area contributed by atoms with Gasteiger partial charge in [-0.3, -0.25) is 0 Å². The molecule has 3 aliphatic carbocycles. The van der Waals surface area contributed by atoms with E-state index in [0.717, 1.165) is 23.7 Å². The molecule has 0 aliphatic heterocycles. The highest BCUT2D eigenvalue weighted by Gasteiger charge is 2.54. The largest absolute Gasteiger partial charge is 0.0622 e. The Morgan fingerprint density at radius 1 is 1.09 bits per heavy atom. The molecule has 0 radical (unpaired) electrons. The van der Waals surface area contributed by atoms with Crippen molar-refractivity contribution in [2.45, 2.75) is 40.5 Å². The van der Waals surface area contributed by atoms with Crippen molar-refractivity contribution in [2.75, 3.05) is 0 Å². The molecule has 0 aromatic carbocycles. The third-order valence-corrected chi connectivity index (χ3v) is 4.73. The zero-order chi connectivity index (χ0) is 8.22. The van der Waals surface area contributed by atoms with Crippen LogP contribution in [0.25, 0.3) is 0 Å². The van der Waals surface area contributed by atoms with Gasteiger partial charge in [0.2, 0.25) is 0 Å². The predicted octanol–water partition coefficient (Wildman–Crippen LogP) is 3.32. The Morgan fingerprint density at radius 3 is 2.09 bits per heavy atom. The summed E-state index contributed by atoms with van der Waals surface area (Å²) in [5.74, 6) is 4.07. The highest BCUT2D eigenvalue weighted by molar-refractivity contribution is 5.03. The zero-order valence-corrected chi connectivity index (χ0v) is 8.22. The predicted molar refractivity (Wildman–Crippen MR) is 48.3 cm³/mol. The number of hydrogen-bond donors (Lipinski definition) is 0. The summed E-state index contributed by atoms with van der Waals surface area (Å²) in [5, 5.41) is 0. The van der Waals surface area contributed by atoms with Gasteiger partial charge in [0.1, 0.15) is 0 Å². The summed E-state index contributed by atoms with van der Waals surface area (Å²) in [4.78, 5) is 0. The molecule has 0 aromatic rings. The molecule has 0 heteroatoms. The summed E-state index contributed by atoms with van der Waals surface area (Å²) in [6.45, 7) is 9.81. The second kappa shape index (κ2) is 2.02. The molecule has 64 valence electrons. The van der Waals surface area contributed by atoms with Crippen LogP contribution in [0.15, 0.2) is 0 Å². The van der Waals surface area contributed by atoms with Crippen LogP contribution in [0.4, 0.5) is 0 Å². The van der Waals surface area contributed by atoms with E-state index in [-0.39, 0.29) is 0 Å². The lowest BCUT2D eigenvalue weighted by atomic mass is 9.44. The summed E-state index contributed by atoms with van der Waals surface area (Å²) >= 11 is 0.